The van der Waals surface area contributed by atoms with E-state index in [9.17, 15) is 8.42 Å². The Morgan fingerprint density at radius 1 is 1.13 bits per heavy atom. The molecular formula is C20H22N6O2S2. The van der Waals surface area contributed by atoms with Crippen molar-refractivity contribution in [2.75, 3.05) is 16.9 Å². The third-order valence-electron chi connectivity index (χ3n) is 4.35. The first-order valence-electron chi connectivity index (χ1n) is 9.37. The van der Waals surface area contributed by atoms with Crippen LogP contribution in [-0.2, 0) is 9.84 Å². The molecule has 2 N–H and O–H groups in total. The minimum atomic E-state index is -3.31. The van der Waals surface area contributed by atoms with Crippen LogP contribution in [0, 0.1) is 6.92 Å². The van der Waals surface area contributed by atoms with Crippen LogP contribution in [0.2, 0.25) is 0 Å². The normalized spacial score (nSPS) is 11.9. The van der Waals surface area contributed by atoms with Crippen molar-refractivity contribution in [1.82, 2.24) is 18.9 Å². The fourth-order valence-corrected chi connectivity index (χ4v) is 4.40. The van der Waals surface area contributed by atoms with Crippen molar-refractivity contribution < 1.29 is 8.42 Å². The number of anilines is 3. The number of aromatic nitrogens is 4. The van der Waals surface area contributed by atoms with Gasteiger partial charge >= 0.3 is 0 Å². The molecule has 0 saturated heterocycles. The lowest BCUT2D eigenvalue weighted by Crippen LogP contribution is -2.13. The average molecular weight is 443 g/mol. The van der Waals surface area contributed by atoms with Crippen molar-refractivity contribution in [2.24, 2.45) is 0 Å². The second-order valence-electron chi connectivity index (χ2n) is 7.34. The largest absolute Gasteiger partial charge is 0.366 e. The summed E-state index contributed by atoms with van der Waals surface area (Å²) in [5.74, 6) is 1.13. The molecule has 0 amide bonds. The van der Waals surface area contributed by atoms with Crippen molar-refractivity contribution in [3.05, 3.63) is 48.3 Å². The maximum atomic E-state index is 12.0. The molecule has 10 heteroatoms. The Balaban J connectivity index is 1.84. The van der Waals surface area contributed by atoms with Gasteiger partial charge in [-0.25, -0.2) is 13.4 Å². The number of nitrogens with zero attached hydrogens (tertiary/aromatic N) is 4. The highest BCUT2D eigenvalue weighted by Gasteiger charge is 2.16. The van der Waals surface area contributed by atoms with Crippen molar-refractivity contribution in [3.8, 4) is 5.69 Å². The number of sulfone groups is 1. The van der Waals surface area contributed by atoms with Crippen molar-refractivity contribution in [3.63, 3.8) is 0 Å². The van der Waals surface area contributed by atoms with Gasteiger partial charge in [-0.05, 0) is 62.6 Å². The number of aryl methyl sites for hydroxylation is 1. The fourth-order valence-electron chi connectivity index (χ4n) is 3.09. The zero-order chi connectivity index (χ0) is 21.5. The van der Waals surface area contributed by atoms with Crippen LogP contribution < -0.4 is 10.6 Å². The van der Waals surface area contributed by atoms with Gasteiger partial charge in [-0.3, -0.25) is 0 Å². The van der Waals surface area contributed by atoms with E-state index in [1.165, 1.54) is 17.8 Å². The molecule has 0 aliphatic carbocycles. The van der Waals surface area contributed by atoms with E-state index in [4.69, 9.17) is 0 Å². The highest BCUT2D eigenvalue weighted by molar-refractivity contribution is 7.90. The van der Waals surface area contributed by atoms with E-state index in [0.717, 1.165) is 27.4 Å². The molecule has 8 nitrogen and oxygen atoms in total. The molecule has 0 saturated carbocycles. The van der Waals surface area contributed by atoms with Crippen molar-refractivity contribution >= 4 is 49.2 Å². The van der Waals surface area contributed by atoms with E-state index in [-0.39, 0.29) is 10.9 Å². The van der Waals surface area contributed by atoms with Crippen LogP contribution in [-0.4, -0.2) is 39.6 Å². The monoisotopic (exact) mass is 442 g/mol. The minimum Gasteiger partial charge on any atom is -0.366 e. The van der Waals surface area contributed by atoms with Crippen LogP contribution in [0.5, 0.6) is 0 Å². The average Bonchev–Trinajstić information content (AvgIpc) is 3.27. The Morgan fingerprint density at radius 3 is 2.60 bits per heavy atom. The summed E-state index contributed by atoms with van der Waals surface area (Å²) in [6.07, 6.45) is 3.07. The SMILES string of the molecule is Cc1cc(Nc2nc(NC(C)C)c3c(ccn3-c3cccc(S(C)(=O)=O)c3)n2)sn1. The Morgan fingerprint density at radius 2 is 1.93 bits per heavy atom. The molecule has 4 aromatic rings. The molecule has 0 spiro atoms. The molecule has 30 heavy (non-hydrogen) atoms. The van der Waals surface area contributed by atoms with Gasteiger partial charge in [-0.1, -0.05) is 6.07 Å². The first-order chi connectivity index (χ1) is 14.2. The Bertz CT molecular complexity index is 1320. The summed E-state index contributed by atoms with van der Waals surface area (Å²) in [5, 5.41) is 7.46. The lowest BCUT2D eigenvalue weighted by Gasteiger charge is -2.15. The van der Waals surface area contributed by atoms with Gasteiger partial charge in [0.25, 0.3) is 0 Å². The van der Waals surface area contributed by atoms with Crippen LogP contribution in [0.4, 0.5) is 16.8 Å². The van der Waals surface area contributed by atoms with Gasteiger partial charge in [0.15, 0.2) is 15.7 Å². The molecule has 156 valence electrons. The van der Waals surface area contributed by atoms with Gasteiger partial charge < -0.3 is 15.2 Å². The Hall–Kier alpha value is -2.98. The highest BCUT2D eigenvalue weighted by Crippen LogP contribution is 2.29. The molecule has 0 aliphatic rings. The Kier molecular flexibility index (Phi) is 5.20. The van der Waals surface area contributed by atoms with Crippen molar-refractivity contribution in [2.45, 2.75) is 31.7 Å². The zero-order valence-corrected chi connectivity index (χ0v) is 18.7. The van der Waals surface area contributed by atoms with Crippen LogP contribution in [0.15, 0.2) is 47.5 Å². The van der Waals surface area contributed by atoms with Crippen LogP contribution in [0.3, 0.4) is 0 Å². The quantitative estimate of drug-likeness (QED) is 0.462. The zero-order valence-electron chi connectivity index (χ0n) is 17.0. The predicted octanol–water partition coefficient (Wildman–Crippen LogP) is 4.15. The lowest BCUT2D eigenvalue weighted by atomic mass is 10.3. The molecular weight excluding hydrogens is 420 g/mol. The molecule has 0 fully saturated rings. The lowest BCUT2D eigenvalue weighted by molar-refractivity contribution is 0.602. The van der Waals surface area contributed by atoms with Crippen LogP contribution >= 0.6 is 11.5 Å². The maximum Gasteiger partial charge on any atom is 0.230 e. The van der Waals surface area contributed by atoms with Gasteiger partial charge in [-0.15, -0.1) is 0 Å². The second-order valence-corrected chi connectivity index (χ2v) is 10.2. The molecule has 0 aliphatic heterocycles. The molecule has 3 heterocycles. The van der Waals surface area contributed by atoms with E-state index >= 15 is 0 Å². The van der Waals surface area contributed by atoms with E-state index < -0.39 is 9.84 Å². The van der Waals surface area contributed by atoms with Gasteiger partial charge in [0.1, 0.15) is 10.5 Å². The van der Waals surface area contributed by atoms with Gasteiger partial charge in [0, 0.05) is 24.2 Å². The number of rotatable bonds is 6. The molecule has 0 unspecified atom stereocenters. The number of hydrogen-bond donors (Lipinski definition) is 2. The molecule has 1 aromatic carbocycles. The fraction of sp³-hybridized carbons (Fsp3) is 0.250. The Labute approximate surface area is 179 Å². The van der Waals surface area contributed by atoms with E-state index in [1.54, 1.807) is 18.2 Å². The summed E-state index contributed by atoms with van der Waals surface area (Å²) in [7, 11) is -3.31. The molecule has 0 atom stereocenters. The van der Waals surface area contributed by atoms with Crippen LogP contribution in [0.25, 0.3) is 16.7 Å². The van der Waals surface area contributed by atoms with Crippen LogP contribution in [0.1, 0.15) is 19.5 Å². The summed E-state index contributed by atoms with van der Waals surface area (Å²) in [6, 6.07) is 10.8. The number of benzene rings is 1. The van der Waals surface area contributed by atoms with E-state index in [0.29, 0.717) is 11.8 Å². The summed E-state index contributed by atoms with van der Waals surface area (Å²) in [6.45, 7) is 6.00. The minimum absolute atomic E-state index is 0.146. The molecule has 3 aromatic heterocycles. The first-order valence-corrected chi connectivity index (χ1v) is 12.0. The maximum absolute atomic E-state index is 12.0. The number of hydrogen-bond acceptors (Lipinski definition) is 8. The summed E-state index contributed by atoms with van der Waals surface area (Å²) >= 11 is 1.35. The molecule has 0 bridgehead atoms. The topological polar surface area (TPSA) is 102 Å². The summed E-state index contributed by atoms with van der Waals surface area (Å²) in [4.78, 5) is 9.59. The highest BCUT2D eigenvalue weighted by atomic mass is 32.2. The summed E-state index contributed by atoms with van der Waals surface area (Å²) < 4.78 is 30.2. The smallest absolute Gasteiger partial charge is 0.230 e. The van der Waals surface area contributed by atoms with Gasteiger partial charge in [-0.2, -0.15) is 9.36 Å². The van der Waals surface area contributed by atoms with Gasteiger partial charge in [0.05, 0.1) is 16.1 Å². The van der Waals surface area contributed by atoms with Gasteiger partial charge in [0.2, 0.25) is 5.95 Å². The van der Waals surface area contributed by atoms with Crippen molar-refractivity contribution in [1.29, 1.82) is 0 Å². The third-order valence-corrected chi connectivity index (χ3v) is 6.25. The molecule has 0 radical (unpaired) electrons. The first kappa shape index (κ1) is 20.3. The van der Waals surface area contributed by atoms with E-state index in [1.807, 2.05) is 49.7 Å². The number of nitrogens with one attached hydrogen (secondary N) is 2. The van der Waals surface area contributed by atoms with E-state index in [2.05, 4.69) is 25.0 Å². The summed E-state index contributed by atoms with van der Waals surface area (Å²) in [5.41, 5.74) is 3.17. The molecule has 4 rings (SSSR count). The number of fused-ring (bicyclic) bond motifs is 1. The predicted molar refractivity (Wildman–Crippen MR) is 121 cm³/mol. The third kappa shape index (κ3) is 4.14. The standard InChI is InChI=1S/C20H22N6O2S2/c1-12(2)21-19-18-16(22-20(24-19)23-17-10-13(3)25-29-17)8-9-26(18)14-6-5-7-15(11-14)30(4,27)28/h5-12H,1-4H3,(H2,21,22,23,24). The second kappa shape index (κ2) is 7.69.